The van der Waals surface area contributed by atoms with Crippen LogP contribution in [0.15, 0.2) is 0 Å². The lowest BCUT2D eigenvalue weighted by atomic mass is 10.0. The minimum atomic E-state index is 0.481. The van der Waals surface area contributed by atoms with Gasteiger partial charge in [-0.1, -0.05) is 13.8 Å². The van der Waals surface area contributed by atoms with Gasteiger partial charge in [0.25, 0.3) is 0 Å². The van der Waals surface area contributed by atoms with Crippen LogP contribution in [0.1, 0.15) is 26.7 Å². The molecular formula is C7H15N. The number of hydrogen-bond acceptors (Lipinski definition) is 1. The van der Waals surface area contributed by atoms with Crippen LogP contribution in [0, 0.1) is 11.8 Å². The van der Waals surface area contributed by atoms with Crippen LogP contribution in [-0.4, -0.2) is 6.04 Å². The Kier molecular flexibility index (Phi) is 1.57. The Hall–Kier alpha value is -0.0400. The first-order valence-corrected chi connectivity index (χ1v) is 3.47. The first kappa shape index (κ1) is 6.09. The van der Waals surface area contributed by atoms with E-state index in [2.05, 4.69) is 13.8 Å². The highest BCUT2D eigenvalue weighted by molar-refractivity contribution is 4.82. The lowest BCUT2D eigenvalue weighted by Crippen LogP contribution is -2.27. The topological polar surface area (TPSA) is 26.0 Å². The van der Waals surface area contributed by atoms with Gasteiger partial charge in [0.05, 0.1) is 0 Å². The van der Waals surface area contributed by atoms with Crippen LogP contribution in [0.3, 0.4) is 0 Å². The van der Waals surface area contributed by atoms with E-state index >= 15 is 0 Å². The van der Waals surface area contributed by atoms with Crippen LogP contribution in [0.4, 0.5) is 0 Å². The second-order valence-corrected chi connectivity index (χ2v) is 3.11. The van der Waals surface area contributed by atoms with Crippen molar-refractivity contribution in [2.45, 2.75) is 32.7 Å². The molecule has 0 unspecified atom stereocenters. The smallest absolute Gasteiger partial charge is 0.00903 e. The molecule has 8 heavy (non-hydrogen) atoms. The van der Waals surface area contributed by atoms with Crippen molar-refractivity contribution in [2.75, 3.05) is 0 Å². The van der Waals surface area contributed by atoms with Crippen LogP contribution >= 0.6 is 0 Å². The minimum Gasteiger partial charge on any atom is -0.327 e. The zero-order chi connectivity index (χ0) is 6.15. The lowest BCUT2D eigenvalue weighted by molar-refractivity contribution is 0.456. The quantitative estimate of drug-likeness (QED) is 0.504. The molecule has 48 valence electrons. The van der Waals surface area contributed by atoms with Crippen molar-refractivity contribution in [3.05, 3.63) is 0 Å². The van der Waals surface area contributed by atoms with E-state index in [4.69, 9.17) is 5.73 Å². The maximum absolute atomic E-state index is 5.82. The SMILES string of the molecule is C[C@@H]1CC[C@@H](C)C1N. The van der Waals surface area contributed by atoms with Gasteiger partial charge in [0.2, 0.25) is 0 Å². The second-order valence-electron chi connectivity index (χ2n) is 3.11. The predicted molar refractivity (Wildman–Crippen MR) is 35.5 cm³/mol. The summed E-state index contributed by atoms with van der Waals surface area (Å²) in [5.74, 6) is 1.54. The third-order valence-electron chi connectivity index (χ3n) is 2.39. The molecule has 1 rings (SSSR count). The van der Waals surface area contributed by atoms with Gasteiger partial charge < -0.3 is 5.73 Å². The molecule has 0 bridgehead atoms. The van der Waals surface area contributed by atoms with E-state index in [1.54, 1.807) is 0 Å². The normalized spacial score (nSPS) is 40.9. The lowest BCUT2D eigenvalue weighted by Gasteiger charge is -2.12. The second kappa shape index (κ2) is 2.06. The van der Waals surface area contributed by atoms with E-state index in [1.807, 2.05) is 0 Å². The maximum atomic E-state index is 5.82. The van der Waals surface area contributed by atoms with Gasteiger partial charge in [-0.25, -0.2) is 0 Å². The van der Waals surface area contributed by atoms with E-state index in [1.165, 1.54) is 12.8 Å². The summed E-state index contributed by atoms with van der Waals surface area (Å²) in [5, 5.41) is 0. The van der Waals surface area contributed by atoms with Gasteiger partial charge in [-0.2, -0.15) is 0 Å². The Morgan fingerprint density at radius 2 is 1.50 bits per heavy atom. The third-order valence-corrected chi connectivity index (χ3v) is 2.39. The molecule has 0 aromatic heterocycles. The van der Waals surface area contributed by atoms with Crippen molar-refractivity contribution >= 4 is 0 Å². The molecule has 0 spiro atoms. The zero-order valence-electron chi connectivity index (χ0n) is 5.72. The molecule has 0 aromatic rings. The van der Waals surface area contributed by atoms with Crippen LogP contribution in [-0.2, 0) is 0 Å². The summed E-state index contributed by atoms with van der Waals surface area (Å²) in [7, 11) is 0. The summed E-state index contributed by atoms with van der Waals surface area (Å²) in [6, 6.07) is 0.481. The van der Waals surface area contributed by atoms with Gasteiger partial charge >= 0.3 is 0 Å². The maximum Gasteiger partial charge on any atom is 0.00903 e. The molecule has 1 nitrogen and oxygen atoms in total. The molecule has 0 radical (unpaired) electrons. The zero-order valence-corrected chi connectivity index (χ0v) is 5.72. The first-order valence-electron chi connectivity index (χ1n) is 3.47. The Bertz CT molecular complexity index is 70.5. The monoisotopic (exact) mass is 113 g/mol. The Labute approximate surface area is 51.3 Å². The van der Waals surface area contributed by atoms with E-state index in [-0.39, 0.29) is 0 Å². The predicted octanol–water partition coefficient (Wildman–Crippen LogP) is 1.38. The van der Waals surface area contributed by atoms with E-state index < -0.39 is 0 Å². The van der Waals surface area contributed by atoms with Crippen molar-refractivity contribution in [1.82, 2.24) is 0 Å². The molecule has 0 aromatic carbocycles. The van der Waals surface area contributed by atoms with E-state index in [0.717, 1.165) is 11.8 Å². The van der Waals surface area contributed by atoms with Gasteiger partial charge in [-0.3, -0.25) is 0 Å². The van der Waals surface area contributed by atoms with Crippen molar-refractivity contribution in [3.63, 3.8) is 0 Å². The minimum absolute atomic E-state index is 0.481. The highest BCUT2D eigenvalue weighted by Gasteiger charge is 2.26. The van der Waals surface area contributed by atoms with Crippen molar-refractivity contribution in [2.24, 2.45) is 17.6 Å². The molecule has 2 atom stereocenters. The van der Waals surface area contributed by atoms with Crippen LogP contribution in [0.25, 0.3) is 0 Å². The number of nitrogens with two attached hydrogens (primary N) is 1. The molecule has 2 N–H and O–H groups in total. The molecule has 1 aliphatic rings. The van der Waals surface area contributed by atoms with Gasteiger partial charge in [0.15, 0.2) is 0 Å². The summed E-state index contributed by atoms with van der Waals surface area (Å²) in [6.45, 7) is 4.49. The largest absolute Gasteiger partial charge is 0.327 e. The Morgan fingerprint density at radius 3 is 1.62 bits per heavy atom. The summed E-state index contributed by atoms with van der Waals surface area (Å²) in [5.41, 5.74) is 5.82. The average Bonchev–Trinajstić information content (AvgIpc) is 1.98. The number of hydrogen-bond donors (Lipinski definition) is 1. The van der Waals surface area contributed by atoms with Crippen LogP contribution in [0.5, 0.6) is 0 Å². The summed E-state index contributed by atoms with van der Waals surface area (Å²) in [6.07, 6.45) is 2.67. The fourth-order valence-corrected chi connectivity index (χ4v) is 1.47. The summed E-state index contributed by atoms with van der Waals surface area (Å²) < 4.78 is 0. The van der Waals surface area contributed by atoms with Crippen molar-refractivity contribution < 1.29 is 0 Å². The standard InChI is InChI=1S/C7H15N/c1-5-3-4-6(2)7(5)8/h5-7H,3-4,8H2,1-2H3/t5-,6-/m1/s1. The molecular weight excluding hydrogens is 98.1 g/mol. The van der Waals surface area contributed by atoms with Crippen molar-refractivity contribution in [1.29, 1.82) is 0 Å². The molecule has 1 heteroatoms. The highest BCUT2D eigenvalue weighted by Crippen LogP contribution is 2.28. The fraction of sp³-hybridized carbons (Fsp3) is 1.00. The van der Waals surface area contributed by atoms with Gasteiger partial charge in [0.1, 0.15) is 0 Å². The van der Waals surface area contributed by atoms with Crippen LogP contribution < -0.4 is 5.73 Å². The molecule has 1 saturated carbocycles. The number of rotatable bonds is 0. The summed E-state index contributed by atoms with van der Waals surface area (Å²) in [4.78, 5) is 0. The van der Waals surface area contributed by atoms with Crippen LogP contribution in [0.2, 0.25) is 0 Å². The van der Waals surface area contributed by atoms with E-state index in [0.29, 0.717) is 6.04 Å². The fourth-order valence-electron chi connectivity index (χ4n) is 1.47. The van der Waals surface area contributed by atoms with Crippen molar-refractivity contribution in [3.8, 4) is 0 Å². The Morgan fingerprint density at radius 1 is 1.12 bits per heavy atom. The molecule has 0 aliphatic heterocycles. The molecule has 0 amide bonds. The molecule has 1 fully saturated rings. The third kappa shape index (κ3) is 0.873. The summed E-state index contributed by atoms with van der Waals surface area (Å²) >= 11 is 0. The Balaban J connectivity index is 2.44. The highest BCUT2D eigenvalue weighted by atomic mass is 14.7. The average molecular weight is 113 g/mol. The van der Waals surface area contributed by atoms with Gasteiger partial charge in [-0.15, -0.1) is 0 Å². The molecule has 0 saturated heterocycles. The van der Waals surface area contributed by atoms with Gasteiger partial charge in [-0.05, 0) is 24.7 Å². The molecule has 1 aliphatic carbocycles. The molecule has 0 heterocycles. The van der Waals surface area contributed by atoms with E-state index in [9.17, 15) is 0 Å². The van der Waals surface area contributed by atoms with Gasteiger partial charge in [0, 0.05) is 6.04 Å². The first-order chi connectivity index (χ1) is 3.72.